The Bertz CT molecular complexity index is 477. The molecule has 1 unspecified atom stereocenters. The Balaban J connectivity index is 1.87. The van der Waals surface area contributed by atoms with E-state index < -0.39 is 5.60 Å². The lowest BCUT2D eigenvalue weighted by Crippen LogP contribution is -2.58. The molecule has 1 fully saturated rings. The summed E-state index contributed by atoms with van der Waals surface area (Å²) in [7, 11) is 1.94. The molecule has 1 amide bonds. The van der Waals surface area contributed by atoms with Crippen molar-refractivity contribution in [3.8, 4) is 0 Å². The third-order valence-corrected chi connectivity index (χ3v) is 4.51. The molecule has 122 valence electrons. The highest BCUT2D eigenvalue weighted by Gasteiger charge is 2.42. The highest BCUT2D eigenvalue weighted by atomic mass is 16.3. The van der Waals surface area contributed by atoms with Crippen LogP contribution in [0.3, 0.4) is 0 Å². The number of likely N-dealkylation sites (tertiary alicyclic amines) is 1. The second-order valence-corrected chi connectivity index (χ2v) is 6.35. The lowest BCUT2D eigenvalue weighted by atomic mass is 9.91. The molecule has 1 aromatic carbocycles. The van der Waals surface area contributed by atoms with Gasteiger partial charge in [0.25, 0.3) is 5.91 Å². The van der Waals surface area contributed by atoms with E-state index in [9.17, 15) is 9.90 Å². The van der Waals surface area contributed by atoms with Gasteiger partial charge in [0.2, 0.25) is 0 Å². The van der Waals surface area contributed by atoms with Crippen molar-refractivity contribution in [2.75, 3.05) is 33.2 Å². The number of amides is 1. The average Bonchev–Trinajstić information content (AvgIpc) is 2.52. The largest absolute Gasteiger partial charge is 0.379 e. The maximum absolute atomic E-state index is 12.6. The van der Waals surface area contributed by atoms with Crippen molar-refractivity contribution in [1.82, 2.24) is 9.80 Å². The molecule has 1 N–H and O–H groups in total. The lowest BCUT2D eigenvalue weighted by molar-refractivity contribution is -0.159. The highest BCUT2D eigenvalue weighted by molar-refractivity contribution is 5.86. The number of hydrogen-bond donors (Lipinski definition) is 1. The average molecular weight is 304 g/mol. The van der Waals surface area contributed by atoms with Crippen LogP contribution in [0.15, 0.2) is 30.3 Å². The van der Waals surface area contributed by atoms with Crippen molar-refractivity contribution < 1.29 is 9.90 Å². The van der Waals surface area contributed by atoms with Gasteiger partial charge in [-0.25, -0.2) is 0 Å². The van der Waals surface area contributed by atoms with Gasteiger partial charge in [-0.3, -0.25) is 4.79 Å². The Hall–Kier alpha value is -1.39. The number of nitrogens with zero attached hydrogens (tertiary/aromatic N) is 2. The Morgan fingerprint density at radius 3 is 2.73 bits per heavy atom. The van der Waals surface area contributed by atoms with Crippen LogP contribution in [0.25, 0.3) is 0 Å². The van der Waals surface area contributed by atoms with Crippen LogP contribution in [0.2, 0.25) is 0 Å². The van der Waals surface area contributed by atoms with Crippen molar-refractivity contribution in [2.24, 2.45) is 0 Å². The quantitative estimate of drug-likeness (QED) is 0.837. The zero-order valence-corrected chi connectivity index (χ0v) is 13.8. The van der Waals surface area contributed by atoms with E-state index in [0.29, 0.717) is 13.0 Å². The van der Waals surface area contributed by atoms with Gasteiger partial charge in [-0.15, -0.1) is 0 Å². The predicted octanol–water partition coefficient (Wildman–Crippen LogP) is 1.92. The molecular formula is C18H28N2O2. The Labute approximate surface area is 133 Å². The van der Waals surface area contributed by atoms with Gasteiger partial charge in [-0.1, -0.05) is 37.3 Å². The molecule has 4 nitrogen and oxygen atoms in total. The topological polar surface area (TPSA) is 43.8 Å². The Morgan fingerprint density at radius 1 is 1.32 bits per heavy atom. The van der Waals surface area contributed by atoms with E-state index in [2.05, 4.69) is 12.1 Å². The van der Waals surface area contributed by atoms with E-state index >= 15 is 0 Å². The van der Waals surface area contributed by atoms with Gasteiger partial charge in [0.05, 0.1) is 0 Å². The fourth-order valence-corrected chi connectivity index (χ4v) is 3.10. The molecule has 1 aliphatic heterocycles. The van der Waals surface area contributed by atoms with Gasteiger partial charge < -0.3 is 14.9 Å². The molecule has 0 aliphatic carbocycles. The number of carbonyl (C=O) groups excluding carboxylic acids is 1. The number of hydrogen-bond acceptors (Lipinski definition) is 3. The van der Waals surface area contributed by atoms with Gasteiger partial charge in [0.15, 0.2) is 5.60 Å². The maximum atomic E-state index is 12.6. The van der Waals surface area contributed by atoms with E-state index in [1.807, 2.05) is 42.0 Å². The summed E-state index contributed by atoms with van der Waals surface area (Å²) in [5.74, 6) is -0.0906. The van der Waals surface area contributed by atoms with Crippen LogP contribution in [-0.2, 0) is 11.2 Å². The summed E-state index contributed by atoms with van der Waals surface area (Å²) in [6.07, 6.45) is 3.36. The molecule has 0 saturated carbocycles. The van der Waals surface area contributed by atoms with Crippen molar-refractivity contribution in [3.05, 3.63) is 35.9 Å². The first-order valence-corrected chi connectivity index (χ1v) is 8.29. The second kappa shape index (κ2) is 7.75. The molecule has 1 heterocycles. The van der Waals surface area contributed by atoms with Crippen molar-refractivity contribution >= 4 is 5.91 Å². The number of likely N-dealkylation sites (N-methyl/N-ethyl adjacent to an activating group) is 1. The normalized spacial score (nSPS) is 22.4. The molecule has 0 aromatic heterocycles. The van der Waals surface area contributed by atoms with Crippen LogP contribution in [-0.4, -0.2) is 59.6 Å². The van der Waals surface area contributed by atoms with E-state index in [1.165, 1.54) is 5.56 Å². The molecule has 0 spiro atoms. The van der Waals surface area contributed by atoms with Crippen LogP contribution in [0.1, 0.15) is 31.7 Å². The molecule has 1 atom stereocenters. The Morgan fingerprint density at radius 2 is 2.05 bits per heavy atom. The summed E-state index contributed by atoms with van der Waals surface area (Å²) >= 11 is 0. The summed E-state index contributed by atoms with van der Waals surface area (Å²) in [6, 6.07) is 10.3. The first-order valence-electron chi connectivity index (χ1n) is 8.29. The van der Waals surface area contributed by atoms with Crippen LogP contribution in [0.4, 0.5) is 0 Å². The molecule has 1 aliphatic rings. The number of aryl methyl sites for hydroxylation is 1. The second-order valence-electron chi connectivity index (χ2n) is 6.35. The summed E-state index contributed by atoms with van der Waals surface area (Å²) in [4.78, 5) is 16.4. The SMILES string of the molecule is CCN(C)CC1(O)CCCN(CCCc2ccccc2)C1=O. The minimum Gasteiger partial charge on any atom is -0.379 e. The molecular weight excluding hydrogens is 276 g/mol. The molecule has 1 saturated heterocycles. The minimum absolute atomic E-state index is 0.0906. The zero-order valence-electron chi connectivity index (χ0n) is 13.8. The molecule has 2 rings (SSSR count). The molecule has 1 aromatic rings. The van der Waals surface area contributed by atoms with Crippen molar-refractivity contribution in [2.45, 2.75) is 38.2 Å². The number of carbonyl (C=O) groups is 1. The number of aliphatic hydroxyl groups is 1. The van der Waals surface area contributed by atoms with Crippen molar-refractivity contribution in [1.29, 1.82) is 0 Å². The molecule has 22 heavy (non-hydrogen) atoms. The van der Waals surface area contributed by atoms with E-state index in [-0.39, 0.29) is 5.91 Å². The van der Waals surface area contributed by atoms with Gasteiger partial charge in [-0.05, 0) is 44.8 Å². The van der Waals surface area contributed by atoms with Crippen LogP contribution in [0, 0.1) is 0 Å². The maximum Gasteiger partial charge on any atom is 0.255 e. The first-order chi connectivity index (χ1) is 10.5. The Kier molecular flexibility index (Phi) is 5.98. The smallest absolute Gasteiger partial charge is 0.255 e. The first kappa shape index (κ1) is 17.0. The summed E-state index contributed by atoms with van der Waals surface area (Å²) in [5.41, 5.74) is 0.100. The van der Waals surface area contributed by atoms with Crippen molar-refractivity contribution in [3.63, 3.8) is 0 Å². The van der Waals surface area contributed by atoms with E-state index in [4.69, 9.17) is 0 Å². The van der Waals surface area contributed by atoms with Crippen LogP contribution < -0.4 is 0 Å². The number of rotatable bonds is 7. The van der Waals surface area contributed by atoms with Gasteiger partial charge in [0, 0.05) is 19.6 Å². The predicted molar refractivity (Wildman–Crippen MR) is 88.7 cm³/mol. The third kappa shape index (κ3) is 4.31. The zero-order chi connectivity index (χ0) is 16.0. The lowest BCUT2D eigenvalue weighted by Gasteiger charge is -2.40. The fraction of sp³-hybridized carbons (Fsp3) is 0.611. The summed E-state index contributed by atoms with van der Waals surface area (Å²) in [6.45, 7) is 4.80. The number of piperidine rings is 1. The van der Waals surface area contributed by atoms with Gasteiger partial charge in [0.1, 0.15) is 0 Å². The molecule has 0 radical (unpaired) electrons. The highest BCUT2D eigenvalue weighted by Crippen LogP contribution is 2.24. The van der Waals surface area contributed by atoms with Crippen LogP contribution >= 0.6 is 0 Å². The summed E-state index contributed by atoms with van der Waals surface area (Å²) in [5, 5.41) is 10.7. The van der Waals surface area contributed by atoms with E-state index in [1.54, 1.807) is 0 Å². The minimum atomic E-state index is -1.20. The third-order valence-electron chi connectivity index (χ3n) is 4.51. The van der Waals surface area contributed by atoms with Gasteiger partial charge in [-0.2, -0.15) is 0 Å². The molecule has 0 bridgehead atoms. The van der Waals surface area contributed by atoms with E-state index in [0.717, 1.165) is 38.9 Å². The van der Waals surface area contributed by atoms with Gasteiger partial charge >= 0.3 is 0 Å². The molecule has 4 heteroatoms. The summed E-state index contributed by atoms with van der Waals surface area (Å²) < 4.78 is 0. The van der Waals surface area contributed by atoms with Crippen LogP contribution in [0.5, 0.6) is 0 Å². The fourth-order valence-electron chi connectivity index (χ4n) is 3.10. The monoisotopic (exact) mass is 304 g/mol. The standard InChI is InChI=1S/C18H28N2O2/c1-3-19(2)15-18(22)12-8-14-20(17(18)21)13-7-11-16-9-5-4-6-10-16/h4-6,9-10,22H,3,7-8,11-15H2,1-2H3. The number of benzene rings is 1.